The molecule has 134 valence electrons. The molecule has 3 N–H and O–H groups in total. The third-order valence-electron chi connectivity index (χ3n) is 3.47. The fraction of sp³-hybridized carbons (Fsp3) is 0.250. The van der Waals surface area contributed by atoms with Gasteiger partial charge in [-0.25, -0.2) is 18.4 Å². The lowest BCUT2D eigenvalue weighted by molar-refractivity contribution is -0.124. The number of thiophene rings is 1. The molecule has 0 aliphatic heterocycles. The summed E-state index contributed by atoms with van der Waals surface area (Å²) < 4.78 is 27.4. The summed E-state index contributed by atoms with van der Waals surface area (Å²) in [5.41, 5.74) is 1.50. The van der Waals surface area contributed by atoms with Crippen LogP contribution in [0.15, 0.2) is 40.6 Å². The zero-order valence-electron chi connectivity index (χ0n) is 13.7. The molecule has 7 nitrogen and oxygen atoms in total. The molecule has 0 aliphatic rings. The average Bonchev–Trinajstić information content (AvgIpc) is 2.98. The van der Waals surface area contributed by atoms with Gasteiger partial charge in [0.15, 0.2) is 6.61 Å². The molecule has 9 heteroatoms. The minimum Gasteiger partial charge on any atom is -0.451 e. The number of carbonyl (C=O) groups excluding carboxylic acids is 2. The number of ether oxygens (including phenoxy) is 1. The Balaban J connectivity index is 1.89. The highest BCUT2D eigenvalue weighted by Gasteiger charge is 2.16. The van der Waals surface area contributed by atoms with Crippen LogP contribution in [0.4, 0.5) is 0 Å². The van der Waals surface area contributed by atoms with E-state index in [0.717, 1.165) is 5.56 Å². The number of hydrogen-bond donors (Lipinski definition) is 2. The van der Waals surface area contributed by atoms with Gasteiger partial charge in [-0.05, 0) is 48.6 Å². The summed E-state index contributed by atoms with van der Waals surface area (Å²) in [4.78, 5) is 24.2. The van der Waals surface area contributed by atoms with Crippen molar-refractivity contribution in [3.8, 4) is 0 Å². The van der Waals surface area contributed by atoms with Gasteiger partial charge in [0.05, 0.1) is 10.9 Å². The summed E-state index contributed by atoms with van der Waals surface area (Å²) in [6, 6.07) is 7.27. The maximum atomic E-state index is 11.9. The predicted molar refractivity (Wildman–Crippen MR) is 93.7 cm³/mol. The van der Waals surface area contributed by atoms with Crippen molar-refractivity contribution in [1.29, 1.82) is 0 Å². The highest BCUT2D eigenvalue weighted by molar-refractivity contribution is 7.89. The van der Waals surface area contributed by atoms with E-state index in [2.05, 4.69) is 5.32 Å². The Hall–Kier alpha value is -2.23. The Bertz CT molecular complexity index is 872. The van der Waals surface area contributed by atoms with Crippen LogP contribution >= 0.6 is 11.3 Å². The third-order valence-corrected chi connectivity index (χ3v) is 5.39. The number of nitrogens with two attached hydrogens (primary N) is 1. The first-order valence-corrected chi connectivity index (χ1v) is 9.74. The van der Waals surface area contributed by atoms with Gasteiger partial charge in [0, 0.05) is 0 Å². The molecule has 1 heterocycles. The Labute approximate surface area is 149 Å². The van der Waals surface area contributed by atoms with Crippen molar-refractivity contribution in [2.45, 2.75) is 24.8 Å². The third kappa shape index (κ3) is 5.12. The van der Waals surface area contributed by atoms with E-state index in [0.29, 0.717) is 10.4 Å². The lowest BCUT2D eigenvalue weighted by Crippen LogP contribution is -2.31. The van der Waals surface area contributed by atoms with E-state index in [-0.39, 0.29) is 10.9 Å². The van der Waals surface area contributed by atoms with Crippen LogP contribution < -0.4 is 10.5 Å². The Morgan fingerprint density at radius 1 is 1.24 bits per heavy atom. The van der Waals surface area contributed by atoms with Crippen molar-refractivity contribution in [3.63, 3.8) is 0 Å². The molecule has 0 saturated carbocycles. The normalized spacial score (nSPS) is 12.4. The van der Waals surface area contributed by atoms with Crippen molar-refractivity contribution in [2.75, 3.05) is 6.61 Å². The second kappa shape index (κ2) is 7.77. The number of rotatable bonds is 6. The van der Waals surface area contributed by atoms with Crippen molar-refractivity contribution in [3.05, 3.63) is 51.7 Å². The monoisotopic (exact) mass is 382 g/mol. The van der Waals surface area contributed by atoms with Crippen LogP contribution in [0.25, 0.3) is 0 Å². The standard InChI is InChI=1S/C16H18N2O5S2/c1-10-7-8-24-15(10)16(20)23-9-14(19)18-11(2)12-3-5-13(6-4-12)25(17,21)22/h3-8,11H,9H2,1-2H3,(H,18,19)(H2,17,21,22)/t11-/m1/s1. The van der Waals surface area contributed by atoms with Crippen molar-refractivity contribution in [1.82, 2.24) is 5.32 Å². The summed E-state index contributed by atoms with van der Waals surface area (Å²) in [5, 5.41) is 9.49. The van der Waals surface area contributed by atoms with Gasteiger partial charge in [0.2, 0.25) is 10.0 Å². The number of carbonyl (C=O) groups is 2. The van der Waals surface area contributed by atoms with Crippen LogP contribution in [0.1, 0.15) is 33.8 Å². The van der Waals surface area contributed by atoms with Gasteiger partial charge in [-0.3, -0.25) is 4.79 Å². The van der Waals surface area contributed by atoms with E-state index in [4.69, 9.17) is 9.88 Å². The number of benzene rings is 1. The highest BCUT2D eigenvalue weighted by atomic mass is 32.2. The number of amides is 1. The van der Waals surface area contributed by atoms with Gasteiger partial charge >= 0.3 is 5.97 Å². The fourth-order valence-corrected chi connectivity index (χ4v) is 3.42. The highest BCUT2D eigenvalue weighted by Crippen LogP contribution is 2.17. The fourth-order valence-electron chi connectivity index (χ4n) is 2.09. The smallest absolute Gasteiger partial charge is 0.349 e. The Morgan fingerprint density at radius 2 is 1.88 bits per heavy atom. The quantitative estimate of drug-likeness (QED) is 0.738. The summed E-state index contributed by atoms with van der Waals surface area (Å²) in [5.74, 6) is -0.988. The summed E-state index contributed by atoms with van der Waals surface area (Å²) in [6.07, 6.45) is 0. The number of nitrogens with one attached hydrogen (secondary N) is 1. The van der Waals surface area contributed by atoms with E-state index in [1.807, 2.05) is 0 Å². The molecule has 0 bridgehead atoms. The van der Waals surface area contributed by atoms with Gasteiger partial charge in [-0.15, -0.1) is 11.3 Å². The molecule has 0 aliphatic carbocycles. The van der Waals surface area contributed by atoms with Gasteiger partial charge < -0.3 is 10.1 Å². The first kappa shape index (κ1) is 19.1. The number of esters is 1. The molecule has 1 atom stereocenters. The van der Waals surface area contributed by atoms with Crippen molar-refractivity contribution >= 4 is 33.2 Å². The Morgan fingerprint density at radius 3 is 2.40 bits per heavy atom. The molecular formula is C16H18N2O5S2. The topological polar surface area (TPSA) is 116 Å². The van der Waals surface area contributed by atoms with E-state index in [9.17, 15) is 18.0 Å². The minimum atomic E-state index is -3.76. The molecule has 2 rings (SSSR count). The van der Waals surface area contributed by atoms with Crippen LogP contribution in [-0.2, 0) is 19.6 Å². The first-order chi connectivity index (χ1) is 11.7. The first-order valence-electron chi connectivity index (χ1n) is 7.32. The molecule has 1 aromatic heterocycles. The van der Waals surface area contributed by atoms with Crippen molar-refractivity contribution < 1.29 is 22.7 Å². The lowest BCUT2D eigenvalue weighted by Gasteiger charge is -2.14. The number of sulfonamides is 1. The maximum absolute atomic E-state index is 11.9. The SMILES string of the molecule is Cc1ccsc1C(=O)OCC(=O)N[C@H](C)c1ccc(S(N)(=O)=O)cc1. The van der Waals surface area contributed by atoms with Gasteiger partial charge in [-0.1, -0.05) is 12.1 Å². The molecule has 2 aromatic rings. The van der Waals surface area contributed by atoms with Crippen LogP contribution in [0.3, 0.4) is 0 Å². The van der Waals surface area contributed by atoms with Crippen LogP contribution in [-0.4, -0.2) is 26.9 Å². The lowest BCUT2D eigenvalue weighted by atomic mass is 10.1. The van der Waals surface area contributed by atoms with Crippen LogP contribution in [0, 0.1) is 6.92 Å². The average molecular weight is 382 g/mol. The van der Waals surface area contributed by atoms with Crippen LogP contribution in [0.2, 0.25) is 0 Å². The summed E-state index contributed by atoms with van der Waals surface area (Å²) in [7, 11) is -3.76. The zero-order chi connectivity index (χ0) is 18.6. The van der Waals surface area contributed by atoms with E-state index >= 15 is 0 Å². The van der Waals surface area contributed by atoms with Gasteiger partial charge in [-0.2, -0.15) is 0 Å². The second-order valence-corrected chi connectivity index (χ2v) is 7.89. The van der Waals surface area contributed by atoms with Gasteiger partial charge in [0.25, 0.3) is 5.91 Å². The molecule has 25 heavy (non-hydrogen) atoms. The molecule has 0 fully saturated rings. The number of hydrogen-bond acceptors (Lipinski definition) is 6. The minimum absolute atomic E-state index is 0.00461. The maximum Gasteiger partial charge on any atom is 0.349 e. The summed E-state index contributed by atoms with van der Waals surface area (Å²) >= 11 is 1.26. The van der Waals surface area contributed by atoms with Crippen molar-refractivity contribution in [2.24, 2.45) is 5.14 Å². The second-order valence-electron chi connectivity index (χ2n) is 5.41. The Kier molecular flexibility index (Phi) is 5.93. The number of aryl methyl sites for hydroxylation is 1. The molecule has 1 amide bonds. The summed E-state index contributed by atoms with van der Waals surface area (Å²) in [6.45, 7) is 3.13. The molecule has 0 unspecified atom stereocenters. The zero-order valence-corrected chi connectivity index (χ0v) is 15.3. The molecule has 1 aromatic carbocycles. The van der Waals surface area contributed by atoms with Gasteiger partial charge in [0.1, 0.15) is 4.88 Å². The molecule has 0 spiro atoms. The number of primary sulfonamides is 1. The predicted octanol–water partition coefficient (Wildman–Crippen LogP) is 1.74. The van der Waals surface area contributed by atoms with Crippen LogP contribution in [0.5, 0.6) is 0 Å². The molecular weight excluding hydrogens is 364 g/mol. The van der Waals surface area contributed by atoms with E-state index in [1.165, 1.54) is 23.5 Å². The molecule has 0 saturated heterocycles. The molecule has 0 radical (unpaired) electrons. The van der Waals surface area contributed by atoms with E-state index in [1.54, 1.807) is 37.4 Å². The van der Waals surface area contributed by atoms with E-state index < -0.39 is 28.5 Å². The largest absolute Gasteiger partial charge is 0.451 e.